The summed E-state index contributed by atoms with van der Waals surface area (Å²) < 4.78 is 10.5. The number of ether oxygens (including phenoxy) is 1. The average molecular weight is 307 g/mol. The van der Waals surface area contributed by atoms with Crippen LogP contribution in [-0.4, -0.2) is 18.9 Å². The van der Waals surface area contributed by atoms with E-state index in [4.69, 9.17) is 20.8 Å². The molecule has 1 heterocycles. The highest BCUT2D eigenvalue weighted by Crippen LogP contribution is 2.27. The predicted octanol–water partition coefficient (Wildman–Crippen LogP) is 4.37. The molecule has 5 heteroatoms. The molecule has 0 unspecified atom stereocenters. The van der Waals surface area contributed by atoms with Crippen LogP contribution in [0.4, 0.5) is 0 Å². The molecule has 0 fully saturated rings. The number of hydrogen-bond acceptors (Lipinski definition) is 4. The largest absolute Gasteiger partial charge is 0.462 e. The summed E-state index contributed by atoms with van der Waals surface area (Å²) in [6, 6.07) is 8.16. The highest BCUT2D eigenvalue weighted by molar-refractivity contribution is 6.33. The molecule has 4 nitrogen and oxygen atoms in total. The molecule has 0 aliphatic rings. The van der Waals surface area contributed by atoms with Crippen LogP contribution >= 0.6 is 11.6 Å². The van der Waals surface area contributed by atoms with Crippen LogP contribution in [0.5, 0.6) is 0 Å². The van der Waals surface area contributed by atoms with Crippen LogP contribution in [0.15, 0.2) is 34.7 Å². The van der Waals surface area contributed by atoms with E-state index in [1.54, 1.807) is 30.3 Å². The van der Waals surface area contributed by atoms with Crippen LogP contribution in [0.25, 0.3) is 11.3 Å². The standard InChI is InChI=1S/C16H15ClO4/c1-2-3-8-20-16(19)13-9-11(4-6-14(13)17)15-7-5-12(10-18)21-15/h4-7,9-10H,2-3,8H2,1H3. The van der Waals surface area contributed by atoms with Crippen molar-refractivity contribution in [1.29, 1.82) is 0 Å². The topological polar surface area (TPSA) is 56.5 Å². The van der Waals surface area contributed by atoms with E-state index in [1.165, 1.54) is 0 Å². The van der Waals surface area contributed by atoms with Crippen LogP contribution in [0.1, 0.15) is 40.7 Å². The molecule has 2 aromatic rings. The summed E-state index contributed by atoms with van der Waals surface area (Å²) in [6.45, 7) is 2.38. The summed E-state index contributed by atoms with van der Waals surface area (Å²) in [5.74, 6) is 0.265. The van der Waals surface area contributed by atoms with Gasteiger partial charge in [0.1, 0.15) is 5.76 Å². The van der Waals surface area contributed by atoms with E-state index in [1.807, 2.05) is 6.92 Å². The summed E-state index contributed by atoms with van der Waals surface area (Å²) >= 11 is 6.04. The second kappa shape index (κ2) is 7.09. The fraction of sp³-hybridized carbons (Fsp3) is 0.250. The Morgan fingerprint density at radius 3 is 2.81 bits per heavy atom. The second-order valence-electron chi connectivity index (χ2n) is 4.50. The Bertz CT molecular complexity index is 645. The summed E-state index contributed by atoms with van der Waals surface area (Å²) in [4.78, 5) is 22.6. The predicted molar refractivity (Wildman–Crippen MR) is 79.7 cm³/mol. The molecule has 21 heavy (non-hydrogen) atoms. The maximum absolute atomic E-state index is 12.0. The first-order valence-electron chi connectivity index (χ1n) is 6.67. The minimum Gasteiger partial charge on any atom is -0.462 e. The molecule has 0 saturated heterocycles. The number of rotatable bonds is 6. The first-order chi connectivity index (χ1) is 10.2. The molecule has 0 aliphatic carbocycles. The van der Waals surface area contributed by atoms with Gasteiger partial charge in [0, 0.05) is 5.56 Å². The first-order valence-corrected chi connectivity index (χ1v) is 7.05. The Kier molecular flexibility index (Phi) is 5.17. The van der Waals surface area contributed by atoms with Gasteiger partial charge < -0.3 is 9.15 Å². The van der Waals surface area contributed by atoms with Gasteiger partial charge in [-0.1, -0.05) is 24.9 Å². The Hall–Kier alpha value is -2.07. The van der Waals surface area contributed by atoms with Crippen molar-refractivity contribution in [1.82, 2.24) is 0 Å². The normalized spacial score (nSPS) is 10.4. The zero-order valence-electron chi connectivity index (χ0n) is 11.6. The van der Waals surface area contributed by atoms with Crippen molar-refractivity contribution < 1.29 is 18.7 Å². The molecular weight excluding hydrogens is 292 g/mol. The monoisotopic (exact) mass is 306 g/mol. The molecular formula is C16H15ClO4. The molecule has 0 atom stereocenters. The summed E-state index contributed by atoms with van der Waals surface area (Å²) in [5, 5.41) is 0.322. The number of benzene rings is 1. The van der Waals surface area contributed by atoms with Gasteiger partial charge in [0.25, 0.3) is 0 Å². The summed E-state index contributed by atoms with van der Waals surface area (Å²) in [5.41, 5.74) is 0.948. The van der Waals surface area contributed by atoms with E-state index in [0.717, 1.165) is 12.8 Å². The third kappa shape index (κ3) is 3.73. The van der Waals surface area contributed by atoms with E-state index >= 15 is 0 Å². The van der Waals surface area contributed by atoms with Gasteiger partial charge in [-0.2, -0.15) is 0 Å². The summed E-state index contributed by atoms with van der Waals surface area (Å²) in [7, 11) is 0. The van der Waals surface area contributed by atoms with Gasteiger partial charge in [-0.15, -0.1) is 0 Å². The fourth-order valence-electron chi connectivity index (χ4n) is 1.79. The Morgan fingerprint density at radius 2 is 2.14 bits per heavy atom. The van der Waals surface area contributed by atoms with Gasteiger partial charge in [0.15, 0.2) is 12.0 Å². The second-order valence-corrected chi connectivity index (χ2v) is 4.91. The minimum atomic E-state index is -0.461. The minimum absolute atomic E-state index is 0.229. The number of carbonyl (C=O) groups is 2. The van der Waals surface area contributed by atoms with E-state index in [9.17, 15) is 9.59 Å². The van der Waals surface area contributed by atoms with E-state index in [2.05, 4.69) is 0 Å². The number of halogens is 1. The number of carbonyl (C=O) groups excluding carboxylic acids is 2. The van der Waals surface area contributed by atoms with Crippen LogP contribution in [-0.2, 0) is 4.74 Å². The highest BCUT2D eigenvalue weighted by Gasteiger charge is 2.14. The van der Waals surface area contributed by atoms with Crippen LogP contribution in [0, 0.1) is 0 Å². The van der Waals surface area contributed by atoms with Crippen molar-refractivity contribution in [3.8, 4) is 11.3 Å². The molecule has 0 amide bonds. The van der Waals surface area contributed by atoms with Crippen LogP contribution < -0.4 is 0 Å². The van der Waals surface area contributed by atoms with Crippen molar-refractivity contribution in [3.63, 3.8) is 0 Å². The fourth-order valence-corrected chi connectivity index (χ4v) is 1.99. The molecule has 0 spiro atoms. The highest BCUT2D eigenvalue weighted by atomic mass is 35.5. The number of furan rings is 1. The lowest BCUT2D eigenvalue weighted by atomic mass is 10.1. The molecule has 0 saturated carbocycles. The van der Waals surface area contributed by atoms with E-state index in [0.29, 0.717) is 29.2 Å². The average Bonchev–Trinajstić information content (AvgIpc) is 2.97. The molecule has 0 bridgehead atoms. The third-order valence-electron chi connectivity index (χ3n) is 2.94. The molecule has 110 valence electrons. The number of aldehydes is 1. The van der Waals surface area contributed by atoms with E-state index in [-0.39, 0.29) is 11.3 Å². The van der Waals surface area contributed by atoms with Crippen molar-refractivity contribution in [2.24, 2.45) is 0 Å². The number of unbranched alkanes of at least 4 members (excludes halogenated alkanes) is 1. The molecule has 1 aromatic heterocycles. The molecule has 0 radical (unpaired) electrons. The number of hydrogen-bond donors (Lipinski definition) is 0. The Balaban J connectivity index is 2.24. The first kappa shape index (κ1) is 15.3. The molecule has 0 N–H and O–H groups in total. The third-order valence-corrected chi connectivity index (χ3v) is 3.27. The Labute approximate surface area is 127 Å². The smallest absolute Gasteiger partial charge is 0.339 e. The maximum Gasteiger partial charge on any atom is 0.339 e. The van der Waals surface area contributed by atoms with Gasteiger partial charge in [0.05, 0.1) is 17.2 Å². The van der Waals surface area contributed by atoms with E-state index < -0.39 is 5.97 Å². The van der Waals surface area contributed by atoms with Crippen molar-refractivity contribution in [3.05, 3.63) is 46.7 Å². The lowest BCUT2D eigenvalue weighted by molar-refractivity contribution is 0.0500. The lowest BCUT2D eigenvalue weighted by Gasteiger charge is -2.07. The van der Waals surface area contributed by atoms with Crippen molar-refractivity contribution in [2.45, 2.75) is 19.8 Å². The Morgan fingerprint density at radius 1 is 1.33 bits per heavy atom. The summed E-state index contributed by atoms with van der Waals surface area (Å²) in [6.07, 6.45) is 2.38. The number of esters is 1. The quantitative estimate of drug-likeness (QED) is 0.452. The zero-order chi connectivity index (χ0) is 15.2. The van der Waals surface area contributed by atoms with Gasteiger partial charge in [-0.05, 0) is 36.8 Å². The van der Waals surface area contributed by atoms with Crippen molar-refractivity contribution >= 4 is 23.9 Å². The van der Waals surface area contributed by atoms with Crippen LogP contribution in [0.2, 0.25) is 5.02 Å². The zero-order valence-corrected chi connectivity index (χ0v) is 12.4. The van der Waals surface area contributed by atoms with Crippen LogP contribution in [0.3, 0.4) is 0 Å². The molecule has 2 rings (SSSR count). The van der Waals surface area contributed by atoms with Crippen molar-refractivity contribution in [2.75, 3.05) is 6.61 Å². The van der Waals surface area contributed by atoms with Gasteiger partial charge >= 0.3 is 5.97 Å². The maximum atomic E-state index is 12.0. The SMILES string of the molecule is CCCCOC(=O)c1cc(-c2ccc(C=O)o2)ccc1Cl. The lowest BCUT2D eigenvalue weighted by Crippen LogP contribution is -2.07. The van der Waals surface area contributed by atoms with Gasteiger partial charge in [0.2, 0.25) is 0 Å². The van der Waals surface area contributed by atoms with Gasteiger partial charge in [-0.3, -0.25) is 4.79 Å². The van der Waals surface area contributed by atoms with Gasteiger partial charge in [-0.25, -0.2) is 4.79 Å². The molecule has 1 aromatic carbocycles. The molecule has 0 aliphatic heterocycles.